The van der Waals surface area contributed by atoms with Gasteiger partial charge in [0.1, 0.15) is 0 Å². The second kappa shape index (κ2) is 4.89. The molecule has 0 amide bonds. The van der Waals surface area contributed by atoms with Crippen LogP contribution in [0.3, 0.4) is 0 Å². The summed E-state index contributed by atoms with van der Waals surface area (Å²) < 4.78 is 0. The molecule has 0 radical (unpaired) electrons. The smallest absolute Gasteiger partial charge is 0.423 e. The first-order chi connectivity index (χ1) is 7.32. The van der Waals surface area contributed by atoms with Gasteiger partial charge in [-0.3, -0.25) is 0 Å². The Bertz CT molecular complexity index is 347. The third-order valence-electron chi connectivity index (χ3n) is 2.91. The Morgan fingerprint density at radius 2 is 1.75 bits per heavy atom. The van der Waals surface area contributed by atoms with E-state index in [1.165, 1.54) is 0 Å². The number of hydrogen-bond acceptors (Lipinski definition) is 3. The second-order valence-corrected chi connectivity index (χ2v) is 5.19. The van der Waals surface area contributed by atoms with E-state index in [-0.39, 0.29) is 11.5 Å². The van der Waals surface area contributed by atoms with Gasteiger partial charge in [0.15, 0.2) is 0 Å². The van der Waals surface area contributed by atoms with Crippen LogP contribution in [0, 0.1) is 5.41 Å². The van der Waals surface area contributed by atoms with Crippen molar-refractivity contribution in [2.75, 3.05) is 5.32 Å². The van der Waals surface area contributed by atoms with E-state index >= 15 is 0 Å². The minimum Gasteiger partial charge on any atom is -0.423 e. The number of hydrogen-bond donors (Lipinski definition) is 3. The third kappa shape index (κ3) is 3.25. The summed E-state index contributed by atoms with van der Waals surface area (Å²) in [7, 11) is -1.43. The maximum absolute atomic E-state index is 9.24. The highest BCUT2D eigenvalue weighted by Gasteiger charge is 2.22. The zero-order valence-electron chi connectivity index (χ0n) is 10.4. The molecule has 3 nitrogen and oxygen atoms in total. The lowest BCUT2D eigenvalue weighted by Crippen LogP contribution is -2.37. The average molecular weight is 221 g/mol. The molecule has 0 bridgehead atoms. The number of anilines is 1. The maximum atomic E-state index is 9.24. The topological polar surface area (TPSA) is 52.5 Å². The number of para-hydroxylation sites is 1. The molecule has 0 aliphatic carbocycles. The van der Waals surface area contributed by atoms with Gasteiger partial charge in [0.25, 0.3) is 0 Å². The lowest BCUT2D eigenvalue weighted by Gasteiger charge is -2.29. The highest BCUT2D eigenvalue weighted by Crippen LogP contribution is 2.22. The Morgan fingerprint density at radius 1 is 1.19 bits per heavy atom. The maximum Gasteiger partial charge on any atom is 0.490 e. The lowest BCUT2D eigenvalue weighted by atomic mass is 9.78. The Morgan fingerprint density at radius 3 is 2.25 bits per heavy atom. The van der Waals surface area contributed by atoms with E-state index < -0.39 is 7.12 Å². The molecule has 0 aliphatic rings. The molecule has 0 aliphatic heterocycles. The molecule has 16 heavy (non-hydrogen) atoms. The number of benzene rings is 1. The van der Waals surface area contributed by atoms with Gasteiger partial charge in [-0.1, -0.05) is 39.0 Å². The van der Waals surface area contributed by atoms with E-state index in [0.717, 1.165) is 5.69 Å². The molecule has 0 heterocycles. The van der Waals surface area contributed by atoms with Crippen molar-refractivity contribution in [1.29, 1.82) is 0 Å². The van der Waals surface area contributed by atoms with Gasteiger partial charge in [-0.25, -0.2) is 0 Å². The summed E-state index contributed by atoms with van der Waals surface area (Å²) in [5.74, 6) is 0. The van der Waals surface area contributed by atoms with Gasteiger partial charge in [0, 0.05) is 17.2 Å². The van der Waals surface area contributed by atoms with Crippen LogP contribution in [0.2, 0.25) is 0 Å². The molecule has 1 atom stereocenters. The predicted octanol–water partition coefficient (Wildman–Crippen LogP) is 1.21. The van der Waals surface area contributed by atoms with Crippen LogP contribution in [0.5, 0.6) is 0 Å². The molecule has 1 rings (SSSR count). The molecule has 1 aromatic rings. The van der Waals surface area contributed by atoms with Crippen LogP contribution in [-0.4, -0.2) is 23.2 Å². The Kier molecular flexibility index (Phi) is 4.00. The molecule has 0 aromatic heterocycles. The van der Waals surface area contributed by atoms with Crippen LogP contribution in [0.4, 0.5) is 5.69 Å². The molecule has 88 valence electrons. The molecule has 3 N–H and O–H groups in total. The molecule has 4 heteroatoms. The van der Waals surface area contributed by atoms with E-state index in [0.29, 0.717) is 5.46 Å². The standard InChI is InChI=1S/C12H20BNO2/c1-9(12(2,3)4)14-11-8-6-5-7-10(11)13(15)16/h5-9,14-16H,1-4H3. The van der Waals surface area contributed by atoms with Crippen LogP contribution >= 0.6 is 0 Å². The van der Waals surface area contributed by atoms with Crippen LogP contribution < -0.4 is 10.8 Å². The summed E-state index contributed by atoms with van der Waals surface area (Å²) in [5.41, 5.74) is 1.41. The predicted molar refractivity (Wildman–Crippen MR) is 68.8 cm³/mol. The van der Waals surface area contributed by atoms with Crippen molar-refractivity contribution >= 4 is 18.3 Å². The highest BCUT2D eigenvalue weighted by atomic mass is 16.4. The summed E-state index contributed by atoms with van der Waals surface area (Å²) in [6.07, 6.45) is 0. The second-order valence-electron chi connectivity index (χ2n) is 5.19. The summed E-state index contributed by atoms with van der Waals surface area (Å²) in [4.78, 5) is 0. The van der Waals surface area contributed by atoms with E-state index in [2.05, 4.69) is 33.0 Å². The fraction of sp³-hybridized carbons (Fsp3) is 0.500. The normalized spacial score (nSPS) is 13.4. The quantitative estimate of drug-likeness (QED) is 0.672. The molecular formula is C12H20BNO2. The van der Waals surface area contributed by atoms with Gasteiger partial charge < -0.3 is 15.4 Å². The van der Waals surface area contributed by atoms with Gasteiger partial charge in [0.2, 0.25) is 0 Å². The van der Waals surface area contributed by atoms with Crippen molar-refractivity contribution in [3.63, 3.8) is 0 Å². The van der Waals surface area contributed by atoms with Crippen LogP contribution in [0.15, 0.2) is 24.3 Å². The van der Waals surface area contributed by atoms with E-state index in [1.54, 1.807) is 12.1 Å². The Balaban J connectivity index is 2.89. The first-order valence-corrected chi connectivity index (χ1v) is 5.54. The number of rotatable bonds is 3. The van der Waals surface area contributed by atoms with Crippen molar-refractivity contribution in [3.8, 4) is 0 Å². The third-order valence-corrected chi connectivity index (χ3v) is 2.91. The molecule has 1 unspecified atom stereocenters. The van der Waals surface area contributed by atoms with Crippen molar-refractivity contribution < 1.29 is 10.0 Å². The summed E-state index contributed by atoms with van der Waals surface area (Å²) >= 11 is 0. The van der Waals surface area contributed by atoms with Crippen molar-refractivity contribution in [3.05, 3.63) is 24.3 Å². The molecular weight excluding hydrogens is 201 g/mol. The van der Waals surface area contributed by atoms with Crippen molar-refractivity contribution in [2.45, 2.75) is 33.7 Å². The molecule has 1 aromatic carbocycles. The minimum atomic E-state index is -1.43. The summed E-state index contributed by atoms with van der Waals surface area (Å²) in [5, 5.41) is 21.8. The molecule has 0 saturated heterocycles. The largest absolute Gasteiger partial charge is 0.490 e. The van der Waals surface area contributed by atoms with Crippen LogP contribution in [0.25, 0.3) is 0 Å². The fourth-order valence-electron chi connectivity index (χ4n) is 1.30. The van der Waals surface area contributed by atoms with Gasteiger partial charge in [-0.15, -0.1) is 0 Å². The van der Waals surface area contributed by atoms with Gasteiger partial charge >= 0.3 is 7.12 Å². The fourth-order valence-corrected chi connectivity index (χ4v) is 1.30. The van der Waals surface area contributed by atoms with Gasteiger partial charge in [-0.2, -0.15) is 0 Å². The Hall–Kier alpha value is -0.995. The van der Waals surface area contributed by atoms with Crippen molar-refractivity contribution in [2.24, 2.45) is 5.41 Å². The molecule has 0 fully saturated rings. The van der Waals surface area contributed by atoms with Crippen LogP contribution in [0.1, 0.15) is 27.7 Å². The SMILES string of the molecule is CC(Nc1ccccc1B(O)O)C(C)(C)C. The minimum absolute atomic E-state index is 0.119. The van der Waals surface area contributed by atoms with E-state index in [9.17, 15) is 10.0 Å². The van der Waals surface area contributed by atoms with Gasteiger partial charge in [-0.05, 0) is 18.4 Å². The van der Waals surface area contributed by atoms with E-state index in [1.807, 2.05) is 12.1 Å². The first-order valence-electron chi connectivity index (χ1n) is 5.54. The molecule has 0 spiro atoms. The van der Waals surface area contributed by atoms with E-state index in [4.69, 9.17) is 0 Å². The summed E-state index contributed by atoms with van der Waals surface area (Å²) in [6, 6.07) is 7.48. The van der Waals surface area contributed by atoms with Crippen LogP contribution in [-0.2, 0) is 0 Å². The van der Waals surface area contributed by atoms with Crippen molar-refractivity contribution in [1.82, 2.24) is 0 Å². The zero-order chi connectivity index (χ0) is 12.3. The first kappa shape index (κ1) is 13.1. The lowest BCUT2D eigenvalue weighted by molar-refractivity contribution is 0.359. The average Bonchev–Trinajstić information content (AvgIpc) is 2.16. The van der Waals surface area contributed by atoms with Gasteiger partial charge in [0.05, 0.1) is 0 Å². The zero-order valence-corrected chi connectivity index (χ0v) is 10.4. The highest BCUT2D eigenvalue weighted by molar-refractivity contribution is 6.60. The monoisotopic (exact) mass is 221 g/mol. The summed E-state index contributed by atoms with van der Waals surface area (Å²) in [6.45, 7) is 8.51. The Labute approximate surface area is 97.7 Å². The molecule has 0 saturated carbocycles. The number of nitrogens with one attached hydrogen (secondary N) is 1.